The third-order valence-electron chi connectivity index (χ3n) is 1.83. The molecule has 0 aliphatic heterocycles. The molecule has 0 rings (SSSR count). The Morgan fingerprint density at radius 2 is 2.07 bits per heavy atom. The van der Waals surface area contributed by atoms with Crippen LogP contribution in [0, 0.1) is 0 Å². The largest absolute Gasteiger partial charge is 0.480 e. The summed E-state index contributed by atoms with van der Waals surface area (Å²) in [6.45, 7) is 6.92. The van der Waals surface area contributed by atoms with E-state index >= 15 is 0 Å². The lowest BCUT2D eigenvalue weighted by molar-refractivity contribution is -0.142. The molecule has 15 heavy (non-hydrogen) atoms. The molecule has 3 N–H and O–H groups in total. The van der Waals surface area contributed by atoms with Crippen LogP contribution < -0.4 is 10.6 Å². The fourth-order valence-electron chi connectivity index (χ4n) is 0.830. The molecule has 0 aromatic carbocycles. The minimum absolute atomic E-state index is 0.466. The van der Waals surface area contributed by atoms with Gasteiger partial charge in [-0.1, -0.05) is 6.08 Å². The van der Waals surface area contributed by atoms with Gasteiger partial charge in [0.2, 0.25) is 0 Å². The quantitative estimate of drug-likeness (QED) is 0.458. The Balaban J connectivity index is 3.83. The highest BCUT2D eigenvalue weighted by atomic mass is 16.4. The van der Waals surface area contributed by atoms with Crippen LogP contribution in [0.25, 0.3) is 0 Å². The maximum atomic E-state index is 11.2. The smallest absolute Gasteiger partial charge is 0.328 e. The number of carbonyl (C=O) groups excluding carboxylic acids is 1. The van der Waals surface area contributed by atoms with Crippen molar-refractivity contribution in [3.8, 4) is 0 Å². The van der Waals surface area contributed by atoms with Crippen LogP contribution in [0.2, 0.25) is 0 Å². The predicted octanol–water partition coefficient (Wildman–Crippen LogP) is 1.11. The van der Waals surface area contributed by atoms with Gasteiger partial charge in [0.25, 0.3) is 0 Å². The molecule has 86 valence electrons. The van der Waals surface area contributed by atoms with E-state index in [4.69, 9.17) is 5.11 Å². The van der Waals surface area contributed by atoms with Gasteiger partial charge in [0.15, 0.2) is 0 Å². The second-order valence-electron chi connectivity index (χ2n) is 3.74. The highest BCUT2D eigenvalue weighted by Gasteiger charge is 2.28. The maximum absolute atomic E-state index is 11.2. The van der Waals surface area contributed by atoms with Gasteiger partial charge in [-0.15, -0.1) is 6.58 Å². The van der Waals surface area contributed by atoms with E-state index < -0.39 is 17.5 Å². The van der Waals surface area contributed by atoms with Crippen molar-refractivity contribution in [2.24, 2.45) is 0 Å². The summed E-state index contributed by atoms with van der Waals surface area (Å²) in [5.74, 6) is -1.07. The number of hydrogen-bond acceptors (Lipinski definition) is 2. The zero-order valence-corrected chi connectivity index (χ0v) is 9.17. The number of rotatable bonds is 6. The first-order chi connectivity index (χ1) is 6.90. The third-order valence-corrected chi connectivity index (χ3v) is 1.83. The van der Waals surface area contributed by atoms with Gasteiger partial charge in [-0.3, -0.25) is 0 Å². The number of allylic oxidation sites excluding steroid dienone is 1. The van der Waals surface area contributed by atoms with Crippen LogP contribution in [0.1, 0.15) is 26.7 Å². The first-order valence-corrected chi connectivity index (χ1v) is 4.80. The fraction of sp³-hybridized carbons (Fsp3) is 0.600. The van der Waals surface area contributed by atoms with E-state index in [1.54, 1.807) is 6.08 Å². The molecule has 0 atom stereocenters. The first-order valence-electron chi connectivity index (χ1n) is 4.80. The average molecular weight is 214 g/mol. The number of nitrogens with one attached hydrogen (secondary N) is 2. The molecule has 2 amide bonds. The number of urea groups is 1. The Morgan fingerprint density at radius 3 is 2.53 bits per heavy atom. The van der Waals surface area contributed by atoms with Gasteiger partial charge in [-0.2, -0.15) is 0 Å². The number of amides is 2. The first kappa shape index (κ1) is 13.5. The number of hydrogen-bond donors (Lipinski definition) is 3. The summed E-state index contributed by atoms with van der Waals surface area (Å²) in [5.41, 5.74) is -1.25. The Hall–Kier alpha value is -1.52. The zero-order valence-electron chi connectivity index (χ0n) is 9.17. The van der Waals surface area contributed by atoms with Gasteiger partial charge in [-0.25, -0.2) is 9.59 Å². The van der Waals surface area contributed by atoms with Crippen molar-refractivity contribution < 1.29 is 14.7 Å². The van der Waals surface area contributed by atoms with Crippen LogP contribution in [0.4, 0.5) is 4.79 Å². The van der Waals surface area contributed by atoms with Crippen molar-refractivity contribution >= 4 is 12.0 Å². The molecule has 0 heterocycles. The predicted molar refractivity (Wildman–Crippen MR) is 57.7 cm³/mol. The van der Waals surface area contributed by atoms with E-state index in [1.165, 1.54) is 13.8 Å². The van der Waals surface area contributed by atoms with Crippen LogP contribution in [0.5, 0.6) is 0 Å². The normalized spacial score (nSPS) is 10.5. The summed E-state index contributed by atoms with van der Waals surface area (Å²) in [7, 11) is 0. The summed E-state index contributed by atoms with van der Waals surface area (Å²) in [5, 5.41) is 13.7. The molecular formula is C10H18N2O3. The molecule has 0 aliphatic carbocycles. The van der Waals surface area contributed by atoms with Gasteiger partial charge in [0, 0.05) is 6.54 Å². The number of unbranched alkanes of at least 4 members (excludes halogenated alkanes) is 1. The SMILES string of the molecule is C=CCCCNC(=O)NC(C)(C)C(=O)O. The number of carbonyl (C=O) groups is 2. The van der Waals surface area contributed by atoms with E-state index in [0.717, 1.165) is 12.8 Å². The molecule has 0 aromatic heterocycles. The van der Waals surface area contributed by atoms with Gasteiger partial charge in [0.05, 0.1) is 0 Å². The van der Waals surface area contributed by atoms with Crippen molar-refractivity contribution in [3.63, 3.8) is 0 Å². The zero-order chi connectivity index (χ0) is 11.9. The van der Waals surface area contributed by atoms with Crippen LogP contribution in [-0.2, 0) is 4.79 Å². The molecule has 0 radical (unpaired) electrons. The lowest BCUT2D eigenvalue weighted by atomic mass is 10.1. The number of aliphatic carboxylic acids is 1. The van der Waals surface area contributed by atoms with Crippen LogP contribution >= 0.6 is 0 Å². The van der Waals surface area contributed by atoms with Gasteiger partial charge >= 0.3 is 12.0 Å². The molecule has 5 heteroatoms. The van der Waals surface area contributed by atoms with Crippen LogP contribution in [-0.4, -0.2) is 29.2 Å². The summed E-state index contributed by atoms with van der Waals surface area (Å²) < 4.78 is 0. The van der Waals surface area contributed by atoms with Crippen molar-refractivity contribution in [1.82, 2.24) is 10.6 Å². The molecule has 0 saturated heterocycles. The van der Waals surface area contributed by atoms with E-state index in [1.807, 2.05) is 0 Å². The van der Waals surface area contributed by atoms with Crippen molar-refractivity contribution in [2.75, 3.05) is 6.54 Å². The molecule has 0 bridgehead atoms. The van der Waals surface area contributed by atoms with E-state index in [9.17, 15) is 9.59 Å². The number of carboxylic acid groups (broad SMARTS) is 1. The second-order valence-corrected chi connectivity index (χ2v) is 3.74. The monoisotopic (exact) mass is 214 g/mol. The van der Waals surface area contributed by atoms with Crippen molar-refractivity contribution in [3.05, 3.63) is 12.7 Å². The van der Waals surface area contributed by atoms with Gasteiger partial charge in [-0.05, 0) is 26.7 Å². The third kappa shape index (κ3) is 5.72. The second kappa shape index (κ2) is 6.06. The van der Waals surface area contributed by atoms with Crippen LogP contribution in [0.15, 0.2) is 12.7 Å². The summed E-state index contributed by atoms with van der Waals surface area (Å²) in [4.78, 5) is 21.9. The highest BCUT2D eigenvalue weighted by Crippen LogP contribution is 2.00. The Morgan fingerprint density at radius 1 is 1.47 bits per heavy atom. The molecule has 0 unspecified atom stereocenters. The lowest BCUT2D eigenvalue weighted by Gasteiger charge is -2.21. The van der Waals surface area contributed by atoms with Crippen molar-refractivity contribution in [1.29, 1.82) is 0 Å². The van der Waals surface area contributed by atoms with Crippen molar-refractivity contribution in [2.45, 2.75) is 32.2 Å². The molecule has 0 fully saturated rings. The van der Waals surface area contributed by atoms with E-state index in [2.05, 4.69) is 17.2 Å². The number of carboxylic acids is 1. The fourth-order valence-corrected chi connectivity index (χ4v) is 0.830. The standard InChI is InChI=1S/C10H18N2O3/c1-4-5-6-7-11-9(15)12-10(2,3)8(13)14/h4H,1,5-7H2,2-3H3,(H,13,14)(H2,11,12,15). The molecule has 0 saturated carbocycles. The minimum Gasteiger partial charge on any atom is -0.480 e. The summed E-state index contributed by atoms with van der Waals surface area (Å²) in [6.07, 6.45) is 3.38. The Labute approximate surface area is 89.6 Å². The summed E-state index contributed by atoms with van der Waals surface area (Å²) in [6, 6.07) is -0.466. The minimum atomic E-state index is -1.25. The highest BCUT2D eigenvalue weighted by molar-refractivity contribution is 5.85. The maximum Gasteiger partial charge on any atom is 0.328 e. The average Bonchev–Trinajstić information content (AvgIpc) is 2.11. The molecule has 0 aromatic rings. The van der Waals surface area contributed by atoms with Crippen LogP contribution in [0.3, 0.4) is 0 Å². The van der Waals surface area contributed by atoms with Gasteiger partial charge < -0.3 is 15.7 Å². The lowest BCUT2D eigenvalue weighted by Crippen LogP contribution is -2.53. The Bertz CT molecular complexity index is 249. The van der Waals surface area contributed by atoms with E-state index in [-0.39, 0.29) is 0 Å². The summed E-state index contributed by atoms with van der Waals surface area (Å²) >= 11 is 0. The Kier molecular flexibility index (Phi) is 5.44. The molecule has 0 spiro atoms. The molecule has 5 nitrogen and oxygen atoms in total. The molecule has 0 aliphatic rings. The topological polar surface area (TPSA) is 78.4 Å². The molecular weight excluding hydrogens is 196 g/mol. The van der Waals surface area contributed by atoms with Gasteiger partial charge in [0.1, 0.15) is 5.54 Å². The van der Waals surface area contributed by atoms with E-state index in [0.29, 0.717) is 6.54 Å².